The van der Waals surface area contributed by atoms with Gasteiger partial charge in [-0.05, 0) is 11.8 Å². The highest BCUT2D eigenvalue weighted by molar-refractivity contribution is 7.13. The lowest BCUT2D eigenvalue weighted by Gasteiger charge is -2.25. The largest absolute Gasteiger partial charge is 0.481 e. The molecule has 7 nitrogen and oxygen atoms in total. The molecule has 0 bridgehead atoms. The van der Waals surface area contributed by atoms with Crippen LogP contribution in [0.5, 0.6) is 0 Å². The van der Waals surface area contributed by atoms with E-state index in [1.165, 1.54) is 16.8 Å². The maximum absolute atomic E-state index is 11.7. The van der Waals surface area contributed by atoms with Crippen LogP contribution in [0.2, 0.25) is 0 Å². The molecule has 0 saturated heterocycles. The van der Waals surface area contributed by atoms with E-state index in [-0.39, 0.29) is 11.8 Å². The predicted octanol–water partition coefficient (Wildman–Crippen LogP) is 1.94. The SMILES string of the molecule is CC(C)(C)CC(CC(=O)O)NC(=O)Nc1nncs1. The summed E-state index contributed by atoms with van der Waals surface area (Å²) < 4.78 is 0. The van der Waals surface area contributed by atoms with Crippen molar-refractivity contribution >= 4 is 28.5 Å². The second-order valence-corrected chi connectivity index (χ2v) is 6.24. The summed E-state index contributed by atoms with van der Waals surface area (Å²) in [7, 11) is 0. The van der Waals surface area contributed by atoms with Gasteiger partial charge in [-0.1, -0.05) is 32.1 Å². The second kappa shape index (κ2) is 6.46. The molecule has 0 aromatic carbocycles. The van der Waals surface area contributed by atoms with Gasteiger partial charge in [0, 0.05) is 6.04 Å². The number of urea groups is 1. The quantitative estimate of drug-likeness (QED) is 0.767. The maximum atomic E-state index is 11.7. The first-order chi connectivity index (χ1) is 8.76. The Kier molecular flexibility index (Phi) is 5.22. The minimum Gasteiger partial charge on any atom is -0.481 e. The molecule has 1 unspecified atom stereocenters. The Bertz CT molecular complexity index is 428. The molecule has 0 aliphatic carbocycles. The lowest BCUT2D eigenvalue weighted by atomic mass is 9.87. The number of hydrogen-bond acceptors (Lipinski definition) is 5. The zero-order valence-electron chi connectivity index (χ0n) is 11.1. The van der Waals surface area contributed by atoms with E-state index < -0.39 is 18.0 Å². The van der Waals surface area contributed by atoms with Gasteiger partial charge in [0.05, 0.1) is 6.42 Å². The van der Waals surface area contributed by atoms with Gasteiger partial charge in [0.2, 0.25) is 5.13 Å². The number of carbonyl (C=O) groups is 2. The molecule has 0 aliphatic rings. The summed E-state index contributed by atoms with van der Waals surface area (Å²) in [6, 6.07) is -0.891. The maximum Gasteiger partial charge on any atom is 0.321 e. The molecule has 8 heteroatoms. The molecule has 0 spiro atoms. The van der Waals surface area contributed by atoms with Gasteiger partial charge in [0.25, 0.3) is 0 Å². The number of anilines is 1. The first-order valence-electron chi connectivity index (χ1n) is 5.82. The third kappa shape index (κ3) is 6.70. The number of amides is 2. The van der Waals surface area contributed by atoms with Crippen molar-refractivity contribution in [2.75, 3.05) is 5.32 Å². The fraction of sp³-hybridized carbons (Fsp3) is 0.636. The molecule has 1 heterocycles. The first-order valence-corrected chi connectivity index (χ1v) is 6.70. The number of carbonyl (C=O) groups excluding carboxylic acids is 1. The molecular formula is C11H18N4O3S. The molecule has 106 valence electrons. The van der Waals surface area contributed by atoms with Gasteiger partial charge in [-0.25, -0.2) is 4.79 Å². The molecule has 1 aromatic rings. The van der Waals surface area contributed by atoms with Crippen molar-refractivity contribution < 1.29 is 14.7 Å². The van der Waals surface area contributed by atoms with Crippen molar-refractivity contribution in [3.63, 3.8) is 0 Å². The van der Waals surface area contributed by atoms with E-state index in [0.29, 0.717) is 11.6 Å². The van der Waals surface area contributed by atoms with E-state index in [4.69, 9.17) is 5.11 Å². The molecule has 0 fully saturated rings. The van der Waals surface area contributed by atoms with Crippen molar-refractivity contribution in [1.29, 1.82) is 0 Å². The molecule has 1 atom stereocenters. The van der Waals surface area contributed by atoms with Crippen LogP contribution < -0.4 is 10.6 Å². The Hall–Kier alpha value is -1.70. The highest BCUT2D eigenvalue weighted by Gasteiger charge is 2.23. The average molecular weight is 286 g/mol. The van der Waals surface area contributed by atoms with Crippen LogP contribution in [0.3, 0.4) is 0 Å². The predicted molar refractivity (Wildman–Crippen MR) is 72.2 cm³/mol. The minimum absolute atomic E-state index is 0.0733. The van der Waals surface area contributed by atoms with Crippen LogP contribution in [0.4, 0.5) is 9.93 Å². The Labute approximate surface area is 115 Å². The Balaban J connectivity index is 2.55. The summed E-state index contributed by atoms with van der Waals surface area (Å²) in [6.45, 7) is 5.98. The Morgan fingerprint density at radius 2 is 2.16 bits per heavy atom. The minimum atomic E-state index is -0.939. The number of rotatable bonds is 5. The fourth-order valence-corrected chi connectivity index (χ4v) is 2.11. The molecule has 3 N–H and O–H groups in total. The number of hydrogen-bond donors (Lipinski definition) is 3. The van der Waals surface area contributed by atoms with E-state index in [2.05, 4.69) is 20.8 Å². The molecule has 0 aliphatic heterocycles. The van der Waals surface area contributed by atoms with E-state index in [9.17, 15) is 9.59 Å². The van der Waals surface area contributed by atoms with Gasteiger partial charge in [-0.2, -0.15) is 0 Å². The van der Waals surface area contributed by atoms with Gasteiger partial charge in [-0.15, -0.1) is 10.2 Å². The van der Waals surface area contributed by atoms with Gasteiger partial charge in [0.15, 0.2) is 0 Å². The third-order valence-corrected chi connectivity index (χ3v) is 2.80. The third-order valence-electron chi connectivity index (χ3n) is 2.20. The monoisotopic (exact) mass is 286 g/mol. The van der Waals surface area contributed by atoms with Gasteiger partial charge in [0.1, 0.15) is 5.51 Å². The van der Waals surface area contributed by atoms with Gasteiger partial charge < -0.3 is 10.4 Å². The molecule has 1 aromatic heterocycles. The summed E-state index contributed by atoms with van der Waals surface area (Å²) >= 11 is 1.19. The number of aromatic nitrogens is 2. The standard InChI is InChI=1S/C11H18N4O3S/c1-11(2,3)5-7(4-8(16)17)13-9(18)14-10-15-12-6-19-10/h6-7H,4-5H2,1-3H3,(H,16,17)(H2,13,14,15,18). The number of carboxylic acid groups (broad SMARTS) is 1. The van der Waals surface area contributed by atoms with E-state index in [1.807, 2.05) is 20.8 Å². The number of aliphatic carboxylic acids is 1. The van der Waals surface area contributed by atoms with Gasteiger partial charge in [-0.3, -0.25) is 10.1 Å². The normalized spacial score (nSPS) is 12.8. The Morgan fingerprint density at radius 1 is 1.47 bits per heavy atom. The summed E-state index contributed by atoms with van der Waals surface area (Å²) in [5.41, 5.74) is 1.43. The number of nitrogens with one attached hydrogen (secondary N) is 2. The van der Waals surface area contributed by atoms with Crippen molar-refractivity contribution in [2.24, 2.45) is 5.41 Å². The highest BCUT2D eigenvalue weighted by atomic mass is 32.1. The number of nitrogens with zero attached hydrogens (tertiary/aromatic N) is 2. The second-order valence-electron chi connectivity index (χ2n) is 5.40. The molecule has 0 saturated carbocycles. The van der Waals surface area contributed by atoms with Crippen LogP contribution in [0, 0.1) is 5.41 Å². The highest BCUT2D eigenvalue weighted by Crippen LogP contribution is 2.22. The van der Waals surface area contributed by atoms with Crippen LogP contribution in [0.15, 0.2) is 5.51 Å². The van der Waals surface area contributed by atoms with Gasteiger partial charge >= 0.3 is 12.0 Å². The summed E-state index contributed by atoms with van der Waals surface area (Å²) in [6.07, 6.45) is 0.462. The lowest BCUT2D eigenvalue weighted by Crippen LogP contribution is -2.41. The first kappa shape index (κ1) is 15.4. The van der Waals surface area contributed by atoms with Crippen LogP contribution in [0.25, 0.3) is 0 Å². The van der Waals surface area contributed by atoms with Crippen molar-refractivity contribution in [2.45, 2.75) is 39.7 Å². The lowest BCUT2D eigenvalue weighted by molar-refractivity contribution is -0.137. The smallest absolute Gasteiger partial charge is 0.321 e. The van der Waals surface area contributed by atoms with E-state index >= 15 is 0 Å². The summed E-state index contributed by atoms with van der Waals surface area (Å²) in [4.78, 5) is 22.5. The fourth-order valence-electron chi connectivity index (χ4n) is 1.67. The van der Waals surface area contributed by atoms with Crippen LogP contribution in [-0.4, -0.2) is 33.3 Å². The van der Waals surface area contributed by atoms with Crippen LogP contribution >= 0.6 is 11.3 Å². The van der Waals surface area contributed by atoms with Crippen LogP contribution in [-0.2, 0) is 4.79 Å². The van der Waals surface area contributed by atoms with Crippen molar-refractivity contribution in [1.82, 2.24) is 15.5 Å². The van der Waals surface area contributed by atoms with E-state index in [0.717, 1.165) is 0 Å². The van der Waals surface area contributed by atoms with Crippen molar-refractivity contribution in [3.8, 4) is 0 Å². The molecule has 19 heavy (non-hydrogen) atoms. The zero-order valence-corrected chi connectivity index (χ0v) is 12.0. The molecule has 2 amide bonds. The summed E-state index contributed by atoms with van der Waals surface area (Å²) in [5.74, 6) is -0.939. The molecule has 0 radical (unpaired) electrons. The summed E-state index contributed by atoms with van der Waals surface area (Å²) in [5, 5.41) is 21.7. The average Bonchev–Trinajstić information content (AvgIpc) is 2.65. The molecular weight excluding hydrogens is 268 g/mol. The van der Waals surface area contributed by atoms with E-state index in [1.54, 1.807) is 0 Å². The van der Waals surface area contributed by atoms with Crippen molar-refractivity contribution in [3.05, 3.63) is 5.51 Å². The topological polar surface area (TPSA) is 104 Å². The Morgan fingerprint density at radius 3 is 2.63 bits per heavy atom. The number of carboxylic acids is 1. The molecule has 1 rings (SSSR count). The zero-order chi connectivity index (χ0) is 14.5. The van der Waals surface area contributed by atoms with Crippen LogP contribution in [0.1, 0.15) is 33.6 Å².